The smallest absolute Gasteiger partial charge is 0.312 e. The van der Waals surface area contributed by atoms with Gasteiger partial charge in [-0.3, -0.25) is 4.79 Å². The van der Waals surface area contributed by atoms with Gasteiger partial charge in [0.25, 0.3) is 0 Å². The Labute approximate surface area is 281 Å². The van der Waals surface area contributed by atoms with E-state index in [9.17, 15) is 13.2 Å². The van der Waals surface area contributed by atoms with E-state index in [4.69, 9.17) is 4.74 Å². The molecule has 0 spiro atoms. The average molecular weight is 671 g/mol. The first-order valence-corrected chi connectivity index (χ1v) is 18.4. The van der Waals surface area contributed by atoms with Gasteiger partial charge in [-0.2, -0.15) is 4.31 Å². The molecule has 2 aromatic heterocycles. The summed E-state index contributed by atoms with van der Waals surface area (Å²) in [6.45, 7) is 13.7. The maximum absolute atomic E-state index is 14.0. The summed E-state index contributed by atoms with van der Waals surface area (Å²) in [5, 5.41) is 8.86. The molecule has 5 aromatic rings. The summed E-state index contributed by atoms with van der Waals surface area (Å²) in [6, 6.07) is 23.2. The highest BCUT2D eigenvalue weighted by Crippen LogP contribution is 2.47. The van der Waals surface area contributed by atoms with Crippen LogP contribution >= 0.6 is 11.3 Å². The van der Waals surface area contributed by atoms with E-state index in [1.54, 1.807) is 27.8 Å². The van der Waals surface area contributed by atoms with Crippen molar-refractivity contribution >= 4 is 38.4 Å². The third kappa shape index (κ3) is 6.26. The second-order valence-corrected chi connectivity index (χ2v) is 16.4. The van der Waals surface area contributed by atoms with Crippen LogP contribution in [0.25, 0.3) is 11.0 Å². The summed E-state index contributed by atoms with van der Waals surface area (Å²) in [4.78, 5) is 16.4. The number of fused-ring (bicyclic) bond motifs is 2. The molecule has 0 aliphatic carbocycles. The Kier molecular flexibility index (Phi) is 9.13. The molecule has 2 atom stereocenters. The lowest BCUT2D eigenvalue weighted by Gasteiger charge is -2.33. The minimum atomic E-state index is -3.69. The second-order valence-electron chi connectivity index (χ2n) is 13.2. The number of benzene rings is 3. The largest absolute Gasteiger partial charge is 0.460 e. The van der Waals surface area contributed by atoms with Crippen LogP contribution in [0.3, 0.4) is 0 Å². The van der Waals surface area contributed by atoms with Gasteiger partial charge in [0.15, 0.2) is 0 Å². The van der Waals surface area contributed by atoms with Crippen LogP contribution in [0.4, 0.5) is 0 Å². The van der Waals surface area contributed by atoms with E-state index in [0.29, 0.717) is 24.4 Å². The molecule has 8 nitrogen and oxygen atoms in total. The fourth-order valence-electron chi connectivity index (χ4n) is 6.79. The summed E-state index contributed by atoms with van der Waals surface area (Å²) in [6.07, 6.45) is 0.714. The lowest BCUT2D eigenvalue weighted by molar-refractivity contribution is -0.156. The number of hydrogen-bond acceptors (Lipinski definition) is 7. The van der Waals surface area contributed by atoms with Crippen molar-refractivity contribution in [2.45, 2.75) is 78.5 Å². The molecule has 0 N–H and O–H groups in total. The molecule has 246 valence electrons. The van der Waals surface area contributed by atoms with E-state index in [1.807, 2.05) is 87.8 Å². The topological polar surface area (TPSA) is 94.4 Å². The maximum Gasteiger partial charge on any atom is 0.312 e. The van der Waals surface area contributed by atoms with Gasteiger partial charge < -0.3 is 4.74 Å². The van der Waals surface area contributed by atoms with Crippen LogP contribution in [0.5, 0.6) is 0 Å². The summed E-state index contributed by atoms with van der Waals surface area (Å²) in [5.41, 5.74) is 5.45. The predicted molar refractivity (Wildman–Crippen MR) is 186 cm³/mol. The minimum Gasteiger partial charge on any atom is -0.460 e. The number of carbonyl (C=O) groups excluding carboxylic acids is 1. The molecule has 0 amide bonds. The number of rotatable bonds is 9. The van der Waals surface area contributed by atoms with Crippen molar-refractivity contribution in [2.75, 3.05) is 6.54 Å². The number of carbonyl (C=O) groups is 1. The number of hydrogen-bond donors (Lipinski definition) is 0. The average Bonchev–Trinajstić information content (AvgIpc) is 3.61. The Bertz CT molecular complexity index is 2030. The first kappa shape index (κ1) is 33.1. The Balaban J connectivity index is 1.40. The number of aromatic nitrogens is 3. The number of sulfonamides is 1. The summed E-state index contributed by atoms with van der Waals surface area (Å²) >= 11 is 1.61. The highest BCUT2D eigenvalue weighted by Gasteiger charge is 2.43. The number of nitrogens with zero attached hydrogens (tertiary/aromatic N) is 4. The van der Waals surface area contributed by atoms with Crippen LogP contribution in [0.1, 0.15) is 71.2 Å². The Morgan fingerprint density at radius 3 is 2.53 bits per heavy atom. The van der Waals surface area contributed by atoms with E-state index in [2.05, 4.69) is 29.4 Å². The molecule has 0 saturated heterocycles. The second kappa shape index (κ2) is 13.0. The fraction of sp³-hybridized carbons (Fsp3) is 0.378. The summed E-state index contributed by atoms with van der Waals surface area (Å²) in [7, 11) is -3.69. The number of esters is 1. The van der Waals surface area contributed by atoms with E-state index < -0.39 is 15.4 Å². The van der Waals surface area contributed by atoms with E-state index in [-0.39, 0.29) is 31.0 Å². The fourth-order valence-corrected chi connectivity index (χ4v) is 9.91. The molecule has 10 heteroatoms. The lowest BCUT2D eigenvalue weighted by atomic mass is 9.72. The van der Waals surface area contributed by atoms with Gasteiger partial charge in [-0.1, -0.05) is 66.7 Å². The molecular weight excluding hydrogens is 629 g/mol. The van der Waals surface area contributed by atoms with Gasteiger partial charge in [0, 0.05) is 35.3 Å². The summed E-state index contributed by atoms with van der Waals surface area (Å²) < 4.78 is 37.3. The normalized spacial score (nSPS) is 17.3. The highest BCUT2D eigenvalue weighted by atomic mass is 32.2. The van der Waals surface area contributed by atoms with Crippen molar-refractivity contribution in [3.8, 4) is 0 Å². The van der Waals surface area contributed by atoms with Crippen LogP contribution in [-0.2, 0) is 45.7 Å². The molecule has 1 aliphatic heterocycles. The molecule has 0 unspecified atom stereocenters. The maximum atomic E-state index is 14.0. The zero-order valence-corrected chi connectivity index (χ0v) is 29.5. The van der Waals surface area contributed by atoms with E-state index in [0.717, 1.165) is 48.6 Å². The Hall–Kier alpha value is -3.86. The Morgan fingerprint density at radius 2 is 1.79 bits per heavy atom. The molecule has 0 bridgehead atoms. The van der Waals surface area contributed by atoms with Crippen molar-refractivity contribution in [3.05, 3.63) is 110 Å². The van der Waals surface area contributed by atoms with Crippen molar-refractivity contribution in [2.24, 2.45) is 11.3 Å². The standard InChI is InChI=1S/C37H42N4O4S2/c1-7-41-31-18-17-30(25(3)35(31)38-39-41)34(37(5,6)36(42)45-23-27-13-9-8-10-14-27)32-20-29(26(4)46-32)22-40-21-24(2)19-28-15-11-12-16-33(28)47(40,43)44/h8-18,20,24,34H,7,19,21-23H2,1-6H3/t24-,34-/m1/s1. The quantitative estimate of drug-likeness (QED) is 0.152. The van der Waals surface area contributed by atoms with Crippen molar-refractivity contribution in [3.63, 3.8) is 0 Å². The third-order valence-electron chi connectivity index (χ3n) is 9.40. The van der Waals surface area contributed by atoms with Gasteiger partial charge in [-0.05, 0) is 93.0 Å². The van der Waals surface area contributed by atoms with Gasteiger partial charge in [0.1, 0.15) is 12.1 Å². The first-order valence-electron chi connectivity index (χ1n) is 16.1. The van der Waals surface area contributed by atoms with Crippen LogP contribution in [-0.4, -0.2) is 40.2 Å². The van der Waals surface area contributed by atoms with Crippen LogP contribution in [0.2, 0.25) is 0 Å². The highest BCUT2D eigenvalue weighted by molar-refractivity contribution is 7.89. The molecule has 0 fully saturated rings. The molecule has 1 aliphatic rings. The van der Waals surface area contributed by atoms with Crippen LogP contribution in [0.15, 0.2) is 77.7 Å². The van der Waals surface area contributed by atoms with Crippen LogP contribution in [0, 0.1) is 25.2 Å². The summed E-state index contributed by atoms with van der Waals surface area (Å²) in [5.74, 6) is -0.514. The van der Waals surface area contributed by atoms with Gasteiger partial charge >= 0.3 is 5.97 Å². The molecule has 3 heterocycles. The molecule has 6 rings (SSSR count). The number of thiophene rings is 1. The molecule has 3 aromatic carbocycles. The minimum absolute atomic E-state index is 0.170. The molecule has 0 radical (unpaired) electrons. The first-order chi connectivity index (χ1) is 22.4. The van der Waals surface area contributed by atoms with Gasteiger partial charge in [-0.15, -0.1) is 16.4 Å². The zero-order chi connectivity index (χ0) is 33.5. The van der Waals surface area contributed by atoms with Crippen LogP contribution < -0.4 is 0 Å². The lowest BCUT2D eigenvalue weighted by Crippen LogP contribution is -2.34. The van der Waals surface area contributed by atoms with Gasteiger partial charge in [0.05, 0.1) is 15.8 Å². The number of ether oxygens (including phenoxy) is 1. The molecular formula is C37H42N4O4S2. The predicted octanol–water partition coefficient (Wildman–Crippen LogP) is 7.41. The van der Waals surface area contributed by atoms with Crippen molar-refractivity contribution in [1.82, 2.24) is 19.3 Å². The SMILES string of the molecule is CCn1nnc2c(C)c([C@H](c3cc(CN4C[C@H](C)Cc5ccccc5S4(=O)=O)c(C)s3)C(C)(C)C(=O)OCc3ccccc3)ccc21. The van der Waals surface area contributed by atoms with E-state index >= 15 is 0 Å². The zero-order valence-electron chi connectivity index (χ0n) is 27.9. The Morgan fingerprint density at radius 1 is 1.06 bits per heavy atom. The van der Waals surface area contributed by atoms with E-state index in [1.165, 1.54) is 0 Å². The number of aryl methyl sites for hydroxylation is 3. The monoisotopic (exact) mass is 670 g/mol. The van der Waals surface area contributed by atoms with Gasteiger partial charge in [-0.25, -0.2) is 13.1 Å². The van der Waals surface area contributed by atoms with Crippen molar-refractivity contribution < 1.29 is 17.9 Å². The molecule has 47 heavy (non-hydrogen) atoms. The van der Waals surface area contributed by atoms with Gasteiger partial charge in [0.2, 0.25) is 10.0 Å². The van der Waals surface area contributed by atoms with Crippen molar-refractivity contribution in [1.29, 1.82) is 0 Å². The third-order valence-corrected chi connectivity index (χ3v) is 12.5. The molecule has 0 saturated carbocycles.